The summed E-state index contributed by atoms with van der Waals surface area (Å²) in [4.78, 5) is 24.2. The van der Waals surface area contributed by atoms with Crippen molar-refractivity contribution in [2.75, 3.05) is 5.73 Å². The van der Waals surface area contributed by atoms with Crippen molar-refractivity contribution in [2.24, 2.45) is 5.73 Å². The molecule has 0 saturated heterocycles. The van der Waals surface area contributed by atoms with Gasteiger partial charge >= 0.3 is 0 Å². The number of nitrogens with zero attached hydrogens (tertiary/aromatic N) is 4. The maximum atomic E-state index is 16.1. The van der Waals surface area contributed by atoms with Gasteiger partial charge in [-0.25, -0.2) is 9.07 Å². The molecule has 0 spiro atoms. The number of nitrogen functional groups attached to an aromatic ring is 1. The van der Waals surface area contributed by atoms with Gasteiger partial charge < -0.3 is 16.0 Å². The standard InChI is InChI=1S/C26H17FN6O3/c27-22-17(14-4-6-15(7-5-14)32-12-2-1-3-21(32)34)9-10-18-23(26(29)35)30-33(24(18)22)16-8-11-20-19(13-16)25(28)31-36-20/h1-13H,(H2,28,31)(H2,29,35). The van der Waals surface area contributed by atoms with E-state index in [2.05, 4.69) is 10.3 Å². The summed E-state index contributed by atoms with van der Waals surface area (Å²) in [6, 6.07) is 19.9. The number of pyridine rings is 1. The highest BCUT2D eigenvalue weighted by Crippen LogP contribution is 2.33. The second-order valence-electron chi connectivity index (χ2n) is 8.15. The van der Waals surface area contributed by atoms with Crippen molar-refractivity contribution < 1.29 is 13.7 Å². The van der Waals surface area contributed by atoms with Crippen LogP contribution >= 0.6 is 0 Å². The highest BCUT2D eigenvalue weighted by Gasteiger charge is 2.22. The van der Waals surface area contributed by atoms with E-state index in [0.717, 1.165) is 0 Å². The number of anilines is 1. The largest absolute Gasteiger partial charge is 0.380 e. The lowest BCUT2D eigenvalue weighted by molar-refractivity contribution is 0.0996. The highest BCUT2D eigenvalue weighted by atomic mass is 19.1. The number of nitrogens with two attached hydrogens (primary N) is 2. The highest BCUT2D eigenvalue weighted by molar-refractivity contribution is 6.05. The smallest absolute Gasteiger partial charge is 0.269 e. The summed E-state index contributed by atoms with van der Waals surface area (Å²) in [7, 11) is 0. The molecule has 6 aromatic rings. The van der Waals surface area contributed by atoms with Gasteiger partial charge in [0.2, 0.25) is 0 Å². The van der Waals surface area contributed by atoms with Gasteiger partial charge in [0.15, 0.2) is 22.9 Å². The van der Waals surface area contributed by atoms with Crippen molar-refractivity contribution in [3.8, 4) is 22.5 Å². The number of hydrogen-bond acceptors (Lipinski definition) is 6. The van der Waals surface area contributed by atoms with Crippen LogP contribution in [-0.2, 0) is 0 Å². The zero-order valence-corrected chi connectivity index (χ0v) is 18.6. The second kappa shape index (κ2) is 7.91. The van der Waals surface area contributed by atoms with Crippen LogP contribution in [0.1, 0.15) is 10.5 Å². The van der Waals surface area contributed by atoms with Crippen LogP contribution in [0.4, 0.5) is 10.2 Å². The fourth-order valence-electron chi connectivity index (χ4n) is 4.28. The Labute approximate surface area is 202 Å². The fourth-order valence-corrected chi connectivity index (χ4v) is 4.28. The van der Waals surface area contributed by atoms with E-state index in [4.69, 9.17) is 16.0 Å². The molecule has 4 N–H and O–H groups in total. The predicted octanol–water partition coefficient (Wildman–Crippen LogP) is 3.80. The van der Waals surface area contributed by atoms with E-state index in [1.54, 1.807) is 72.9 Å². The van der Waals surface area contributed by atoms with Crippen molar-refractivity contribution >= 4 is 33.6 Å². The van der Waals surface area contributed by atoms with Gasteiger partial charge in [-0.15, -0.1) is 0 Å². The van der Waals surface area contributed by atoms with Gasteiger partial charge in [-0.05, 0) is 48.0 Å². The van der Waals surface area contributed by atoms with Gasteiger partial charge in [0.05, 0.1) is 11.1 Å². The zero-order chi connectivity index (χ0) is 25.0. The third-order valence-electron chi connectivity index (χ3n) is 6.02. The number of aromatic nitrogens is 4. The van der Waals surface area contributed by atoms with E-state index in [1.165, 1.54) is 15.3 Å². The summed E-state index contributed by atoms with van der Waals surface area (Å²) in [6.07, 6.45) is 1.66. The maximum Gasteiger partial charge on any atom is 0.269 e. The minimum atomic E-state index is -0.783. The number of halogens is 1. The Kier molecular flexibility index (Phi) is 4.68. The van der Waals surface area contributed by atoms with Crippen LogP contribution in [0.3, 0.4) is 0 Å². The number of benzene rings is 3. The Morgan fingerprint density at radius 2 is 1.72 bits per heavy atom. The Morgan fingerprint density at radius 1 is 0.944 bits per heavy atom. The summed E-state index contributed by atoms with van der Waals surface area (Å²) in [5.74, 6) is -1.19. The molecular weight excluding hydrogens is 463 g/mol. The molecule has 0 unspecified atom stereocenters. The summed E-state index contributed by atoms with van der Waals surface area (Å²) in [5, 5.41) is 8.85. The molecule has 6 rings (SSSR count). The van der Waals surface area contributed by atoms with Gasteiger partial charge in [-0.1, -0.05) is 29.4 Å². The first-order valence-corrected chi connectivity index (χ1v) is 10.9. The van der Waals surface area contributed by atoms with Gasteiger partial charge in [0.25, 0.3) is 11.5 Å². The number of carbonyl (C=O) groups excluding carboxylic acids is 1. The maximum absolute atomic E-state index is 16.1. The lowest BCUT2D eigenvalue weighted by atomic mass is 10.0. The van der Waals surface area contributed by atoms with Crippen LogP contribution in [0.25, 0.3) is 44.4 Å². The van der Waals surface area contributed by atoms with Crippen molar-refractivity contribution in [1.82, 2.24) is 19.5 Å². The lowest BCUT2D eigenvalue weighted by Gasteiger charge is -2.10. The Balaban J connectivity index is 1.53. The van der Waals surface area contributed by atoms with Crippen LogP contribution < -0.4 is 17.0 Å². The van der Waals surface area contributed by atoms with Crippen LogP contribution in [-0.4, -0.2) is 25.4 Å². The summed E-state index contributed by atoms with van der Waals surface area (Å²) in [6.45, 7) is 0. The molecule has 0 aliphatic heterocycles. The van der Waals surface area contributed by atoms with Gasteiger partial charge in [-0.3, -0.25) is 14.2 Å². The van der Waals surface area contributed by atoms with Crippen molar-refractivity contribution in [3.63, 3.8) is 0 Å². The third-order valence-corrected chi connectivity index (χ3v) is 6.02. The van der Waals surface area contributed by atoms with Crippen molar-refractivity contribution in [3.05, 3.63) is 101 Å². The first-order valence-electron chi connectivity index (χ1n) is 10.9. The molecule has 36 heavy (non-hydrogen) atoms. The van der Waals surface area contributed by atoms with E-state index in [0.29, 0.717) is 27.9 Å². The number of hydrogen-bond donors (Lipinski definition) is 2. The zero-order valence-electron chi connectivity index (χ0n) is 18.6. The summed E-state index contributed by atoms with van der Waals surface area (Å²) in [5.41, 5.74) is 13.7. The molecule has 176 valence electrons. The van der Waals surface area contributed by atoms with Crippen LogP contribution in [0.5, 0.6) is 0 Å². The lowest BCUT2D eigenvalue weighted by Crippen LogP contribution is -2.15. The predicted molar refractivity (Wildman–Crippen MR) is 133 cm³/mol. The molecule has 0 bridgehead atoms. The van der Waals surface area contributed by atoms with Crippen molar-refractivity contribution in [1.29, 1.82) is 0 Å². The molecule has 0 saturated carbocycles. The molecule has 9 nitrogen and oxygen atoms in total. The number of rotatable bonds is 4. The Hall–Kier alpha value is -5.25. The van der Waals surface area contributed by atoms with Gasteiger partial charge in [-0.2, -0.15) is 5.10 Å². The van der Waals surface area contributed by atoms with Gasteiger partial charge in [0.1, 0.15) is 5.52 Å². The molecule has 0 aliphatic carbocycles. The second-order valence-corrected chi connectivity index (χ2v) is 8.15. The fraction of sp³-hybridized carbons (Fsp3) is 0. The average molecular weight is 480 g/mol. The number of amides is 1. The first-order chi connectivity index (χ1) is 17.4. The quantitative estimate of drug-likeness (QED) is 0.394. The number of primary amides is 1. The minimum Gasteiger partial charge on any atom is -0.380 e. The van der Waals surface area contributed by atoms with Crippen LogP contribution in [0.2, 0.25) is 0 Å². The van der Waals surface area contributed by atoms with Crippen LogP contribution in [0, 0.1) is 5.82 Å². The molecule has 0 radical (unpaired) electrons. The molecule has 1 amide bonds. The monoisotopic (exact) mass is 480 g/mol. The summed E-state index contributed by atoms with van der Waals surface area (Å²) < 4.78 is 24.0. The first kappa shape index (κ1) is 21.3. The number of fused-ring (bicyclic) bond motifs is 2. The van der Waals surface area contributed by atoms with Gasteiger partial charge in [0, 0.05) is 28.9 Å². The van der Waals surface area contributed by atoms with Crippen molar-refractivity contribution in [2.45, 2.75) is 0 Å². The third kappa shape index (κ3) is 3.23. The van der Waals surface area contributed by atoms with E-state index in [1.807, 2.05) is 0 Å². The normalized spacial score (nSPS) is 11.4. The molecule has 3 heterocycles. The van der Waals surface area contributed by atoms with E-state index >= 15 is 4.39 Å². The molecule has 3 aromatic carbocycles. The van der Waals surface area contributed by atoms with E-state index < -0.39 is 11.7 Å². The average Bonchev–Trinajstić information content (AvgIpc) is 3.46. The minimum absolute atomic E-state index is 0.0624. The Morgan fingerprint density at radius 3 is 2.47 bits per heavy atom. The molecule has 0 aliphatic rings. The Bertz CT molecular complexity index is 1870. The molecular formula is C26H17FN6O3. The molecule has 10 heteroatoms. The molecule has 3 aromatic heterocycles. The summed E-state index contributed by atoms with van der Waals surface area (Å²) >= 11 is 0. The number of carbonyl (C=O) groups is 1. The molecule has 0 atom stereocenters. The van der Waals surface area contributed by atoms with E-state index in [-0.39, 0.29) is 33.5 Å². The topological polar surface area (TPSA) is 135 Å². The SMILES string of the molecule is NC(=O)c1nn(-c2ccc3onc(N)c3c2)c2c(F)c(-c3ccc(-n4ccccc4=O)cc3)ccc12. The van der Waals surface area contributed by atoms with Crippen LogP contribution in [0.15, 0.2) is 88.3 Å². The molecule has 0 fully saturated rings. The van der Waals surface area contributed by atoms with E-state index in [9.17, 15) is 9.59 Å².